The Morgan fingerprint density at radius 3 is 2.55 bits per heavy atom. The van der Waals surface area contributed by atoms with Crippen LogP contribution in [0.15, 0.2) is 54.6 Å². The van der Waals surface area contributed by atoms with Gasteiger partial charge in [0.1, 0.15) is 6.10 Å². The predicted molar refractivity (Wildman–Crippen MR) is 76.9 cm³/mol. The van der Waals surface area contributed by atoms with E-state index in [1.165, 1.54) is 5.06 Å². The van der Waals surface area contributed by atoms with Crippen molar-refractivity contribution in [2.75, 3.05) is 0 Å². The maximum absolute atomic E-state index is 12.0. The first-order chi connectivity index (χ1) is 9.74. The summed E-state index contributed by atoms with van der Waals surface area (Å²) in [4.78, 5) is 17.8. The number of halogens is 1. The molecule has 0 radical (unpaired) electrons. The van der Waals surface area contributed by atoms with Crippen LogP contribution in [0.5, 0.6) is 0 Å². The Labute approximate surface area is 122 Å². The van der Waals surface area contributed by atoms with Crippen molar-refractivity contribution in [2.45, 2.75) is 19.1 Å². The normalized spacial score (nSPS) is 18.6. The SMILES string of the molecule is O=C1CC(c2ccccc2)ON1Cc1ccccc1Cl. The summed E-state index contributed by atoms with van der Waals surface area (Å²) in [6.07, 6.45) is 0.167. The number of carbonyl (C=O) groups excluding carboxylic acids is 1. The largest absolute Gasteiger partial charge is 0.272 e. The van der Waals surface area contributed by atoms with Gasteiger partial charge in [-0.05, 0) is 17.2 Å². The number of hydrogen-bond donors (Lipinski definition) is 0. The van der Waals surface area contributed by atoms with Gasteiger partial charge in [-0.15, -0.1) is 0 Å². The van der Waals surface area contributed by atoms with E-state index in [2.05, 4.69) is 0 Å². The van der Waals surface area contributed by atoms with Crippen LogP contribution in [0.4, 0.5) is 0 Å². The van der Waals surface area contributed by atoms with Crippen LogP contribution in [-0.2, 0) is 16.2 Å². The van der Waals surface area contributed by atoms with Crippen molar-refractivity contribution in [3.63, 3.8) is 0 Å². The third kappa shape index (κ3) is 2.69. The van der Waals surface area contributed by atoms with E-state index in [1.807, 2.05) is 54.6 Å². The van der Waals surface area contributed by atoms with Crippen LogP contribution in [-0.4, -0.2) is 11.0 Å². The Kier molecular flexibility index (Phi) is 3.72. The molecule has 102 valence electrons. The molecule has 3 nitrogen and oxygen atoms in total. The van der Waals surface area contributed by atoms with Crippen LogP contribution in [0.1, 0.15) is 23.7 Å². The second-order valence-corrected chi connectivity index (χ2v) is 5.14. The molecule has 1 fully saturated rings. The zero-order valence-corrected chi connectivity index (χ0v) is 11.6. The van der Waals surface area contributed by atoms with Crippen molar-refractivity contribution in [3.05, 3.63) is 70.7 Å². The van der Waals surface area contributed by atoms with Gasteiger partial charge in [0.05, 0.1) is 13.0 Å². The Balaban J connectivity index is 1.73. The van der Waals surface area contributed by atoms with Crippen LogP contribution in [0.3, 0.4) is 0 Å². The average Bonchev–Trinajstić information content (AvgIpc) is 2.84. The lowest BCUT2D eigenvalue weighted by molar-refractivity contribution is -0.177. The van der Waals surface area contributed by atoms with Crippen molar-refractivity contribution < 1.29 is 9.63 Å². The van der Waals surface area contributed by atoms with Crippen LogP contribution < -0.4 is 0 Å². The van der Waals surface area contributed by atoms with Gasteiger partial charge < -0.3 is 0 Å². The second-order valence-electron chi connectivity index (χ2n) is 4.73. The van der Waals surface area contributed by atoms with Gasteiger partial charge in [0, 0.05) is 5.02 Å². The number of rotatable bonds is 3. The molecule has 0 aliphatic carbocycles. The highest BCUT2D eigenvalue weighted by molar-refractivity contribution is 6.31. The van der Waals surface area contributed by atoms with Crippen molar-refractivity contribution in [1.82, 2.24) is 5.06 Å². The summed E-state index contributed by atoms with van der Waals surface area (Å²) in [7, 11) is 0. The molecule has 1 saturated heterocycles. The number of hydrogen-bond acceptors (Lipinski definition) is 2. The van der Waals surface area contributed by atoms with Gasteiger partial charge in [-0.3, -0.25) is 9.63 Å². The molecule has 0 spiro atoms. The smallest absolute Gasteiger partial charge is 0.249 e. The Hall–Kier alpha value is -1.84. The van der Waals surface area contributed by atoms with Crippen LogP contribution in [0.25, 0.3) is 0 Å². The van der Waals surface area contributed by atoms with Gasteiger partial charge in [0.2, 0.25) is 5.91 Å². The first kappa shape index (κ1) is 13.2. The Morgan fingerprint density at radius 1 is 1.10 bits per heavy atom. The highest BCUT2D eigenvalue weighted by Gasteiger charge is 2.32. The van der Waals surface area contributed by atoms with Crippen molar-refractivity contribution in [2.24, 2.45) is 0 Å². The first-order valence-corrected chi connectivity index (χ1v) is 6.87. The summed E-state index contributed by atoms with van der Waals surface area (Å²) in [6.45, 7) is 0.377. The molecule has 1 aliphatic rings. The maximum atomic E-state index is 12.0. The molecule has 0 aromatic heterocycles. The van der Waals surface area contributed by atoms with E-state index in [0.717, 1.165) is 11.1 Å². The summed E-state index contributed by atoms with van der Waals surface area (Å²) in [5.41, 5.74) is 1.90. The van der Waals surface area contributed by atoms with Gasteiger partial charge in [-0.1, -0.05) is 60.1 Å². The lowest BCUT2D eigenvalue weighted by atomic mass is 10.1. The van der Waals surface area contributed by atoms with Crippen LogP contribution in [0, 0.1) is 0 Å². The number of nitrogens with zero attached hydrogens (tertiary/aromatic N) is 1. The summed E-state index contributed by atoms with van der Waals surface area (Å²) < 4.78 is 0. The van der Waals surface area contributed by atoms with E-state index in [0.29, 0.717) is 18.0 Å². The molecule has 4 heteroatoms. The molecular formula is C16H14ClNO2. The molecule has 20 heavy (non-hydrogen) atoms. The van der Waals surface area contributed by atoms with E-state index >= 15 is 0 Å². The monoisotopic (exact) mass is 287 g/mol. The fraction of sp³-hybridized carbons (Fsp3) is 0.188. The molecule has 1 heterocycles. The third-order valence-electron chi connectivity index (χ3n) is 3.34. The molecule has 1 aliphatic heterocycles. The standard InChI is InChI=1S/C16H14ClNO2/c17-14-9-5-4-8-13(14)11-18-16(19)10-15(20-18)12-6-2-1-3-7-12/h1-9,15H,10-11H2. The fourth-order valence-electron chi connectivity index (χ4n) is 2.26. The topological polar surface area (TPSA) is 29.5 Å². The number of hydroxylamine groups is 2. The number of amides is 1. The van der Waals surface area contributed by atoms with Gasteiger partial charge in [-0.2, -0.15) is 0 Å². The van der Waals surface area contributed by atoms with Gasteiger partial charge in [0.15, 0.2) is 0 Å². The van der Waals surface area contributed by atoms with Crippen molar-refractivity contribution in [1.29, 1.82) is 0 Å². The van der Waals surface area contributed by atoms with Crippen molar-refractivity contribution in [3.8, 4) is 0 Å². The summed E-state index contributed by atoms with van der Waals surface area (Å²) >= 11 is 6.11. The van der Waals surface area contributed by atoms with Crippen LogP contribution >= 0.6 is 11.6 Å². The molecule has 0 N–H and O–H groups in total. The maximum Gasteiger partial charge on any atom is 0.249 e. The molecule has 2 aromatic rings. The van der Waals surface area contributed by atoms with Gasteiger partial charge in [-0.25, -0.2) is 5.06 Å². The Bertz CT molecular complexity index is 615. The number of benzene rings is 2. The van der Waals surface area contributed by atoms with Crippen LogP contribution in [0.2, 0.25) is 5.02 Å². The predicted octanol–water partition coefficient (Wildman–Crippen LogP) is 3.75. The highest BCUT2D eigenvalue weighted by atomic mass is 35.5. The molecule has 2 aromatic carbocycles. The van der Waals surface area contributed by atoms with E-state index in [-0.39, 0.29) is 12.0 Å². The van der Waals surface area contributed by atoms with Crippen molar-refractivity contribution >= 4 is 17.5 Å². The fourth-order valence-corrected chi connectivity index (χ4v) is 2.46. The lowest BCUT2D eigenvalue weighted by Gasteiger charge is -2.17. The first-order valence-electron chi connectivity index (χ1n) is 6.49. The second kappa shape index (κ2) is 5.65. The zero-order valence-electron chi connectivity index (χ0n) is 10.8. The molecule has 1 atom stereocenters. The van der Waals surface area contributed by atoms with Gasteiger partial charge in [0.25, 0.3) is 0 Å². The quantitative estimate of drug-likeness (QED) is 0.860. The molecule has 3 rings (SSSR count). The van der Waals surface area contributed by atoms with Gasteiger partial charge >= 0.3 is 0 Å². The third-order valence-corrected chi connectivity index (χ3v) is 3.70. The molecule has 1 unspecified atom stereocenters. The lowest BCUT2D eigenvalue weighted by Crippen LogP contribution is -2.22. The summed E-state index contributed by atoms with van der Waals surface area (Å²) in [5, 5.41) is 2.05. The number of carbonyl (C=O) groups is 1. The minimum Gasteiger partial charge on any atom is -0.272 e. The summed E-state index contributed by atoms with van der Waals surface area (Å²) in [5.74, 6) is -0.0150. The molecule has 0 bridgehead atoms. The minimum absolute atomic E-state index is 0.0150. The summed E-state index contributed by atoms with van der Waals surface area (Å²) in [6, 6.07) is 17.2. The molecule has 0 saturated carbocycles. The molecular weight excluding hydrogens is 274 g/mol. The average molecular weight is 288 g/mol. The van der Waals surface area contributed by atoms with E-state index in [4.69, 9.17) is 16.4 Å². The minimum atomic E-state index is -0.203. The van der Waals surface area contributed by atoms with E-state index in [1.54, 1.807) is 0 Å². The Morgan fingerprint density at radius 2 is 1.80 bits per heavy atom. The van der Waals surface area contributed by atoms with E-state index in [9.17, 15) is 4.79 Å². The van der Waals surface area contributed by atoms with E-state index < -0.39 is 0 Å². The zero-order chi connectivity index (χ0) is 13.9. The molecule has 1 amide bonds. The highest BCUT2D eigenvalue weighted by Crippen LogP contribution is 2.31.